The second-order valence-electron chi connectivity index (χ2n) is 4.91. The zero-order valence-corrected chi connectivity index (χ0v) is 12.3. The lowest BCUT2D eigenvalue weighted by molar-refractivity contribution is -0.476. The number of nitrogens with zero attached hydrogens (tertiary/aromatic N) is 3. The molecule has 0 unspecified atom stereocenters. The quantitative estimate of drug-likeness (QED) is 0.310. The minimum atomic E-state index is -0.278. The van der Waals surface area contributed by atoms with E-state index in [2.05, 4.69) is 0 Å². The Morgan fingerprint density at radius 2 is 1.65 bits per heavy atom. The van der Waals surface area contributed by atoms with E-state index in [-0.39, 0.29) is 17.9 Å². The summed E-state index contributed by atoms with van der Waals surface area (Å²) in [6, 6.07) is -0.278. The van der Waals surface area contributed by atoms with Gasteiger partial charge in [-0.15, -0.1) is 0 Å². The summed E-state index contributed by atoms with van der Waals surface area (Å²) >= 11 is 0. The van der Waals surface area contributed by atoms with Crippen LogP contribution in [0.2, 0.25) is 0 Å². The van der Waals surface area contributed by atoms with Crippen molar-refractivity contribution in [2.24, 2.45) is 5.92 Å². The van der Waals surface area contributed by atoms with E-state index in [9.17, 15) is 4.79 Å². The molecule has 0 saturated heterocycles. The van der Waals surface area contributed by atoms with Crippen LogP contribution in [0, 0.1) is 5.92 Å². The van der Waals surface area contributed by atoms with E-state index < -0.39 is 0 Å². The van der Waals surface area contributed by atoms with Crippen LogP contribution < -0.4 is 0 Å². The Morgan fingerprint density at radius 1 is 1.18 bits per heavy atom. The van der Waals surface area contributed by atoms with Crippen molar-refractivity contribution in [1.82, 2.24) is 9.80 Å². The molecule has 0 amide bonds. The van der Waals surface area contributed by atoms with Crippen LogP contribution in [-0.2, 0) is 9.53 Å². The highest BCUT2D eigenvalue weighted by Crippen LogP contribution is 2.12. The lowest BCUT2D eigenvalue weighted by Gasteiger charge is -2.29. The van der Waals surface area contributed by atoms with Gasteiger partial charge in [0.2, 0.25) is 0 Å². The van der Waals surface area contributed by atoms with Crippen LogP contribution in [0.15, 0.2) is 0 Å². The van der Waals surface area contributed by atoms with Crippen molar-refractivity contribution in [2.75, 3.05) is 42.3 Å². The van der Waals surface area contributed by atoms with E-state index in [4.69, 9.17) is 4.74 Å². The van der Waals surface area contributed by atoms with E-state index in [1.807, 2.05) is 63.5 Å². The second-order valence-corrected chi connectivity index (χ2v) is 4.91. The Hall–Kier alpha value is -1.26. The molecule has 0 aliphatic heterocycles. The van der Waals surface area contributed by atoms with Crippen LogP contribution in [-0.4, -0.2) is 74.7 Å². The van der Waals surface area contributed by atoms with E-state index in [0.717, 1.165) is 5.96 Å². The lowest BCUT2D eigenvalue weighted by Crippen LogP contribution is -2.53. The molecule has 1 atom stereocenters. The fraction of sp³-hybridized carbons (Fsp3) is 0.833. The molecular weight excluding hydrogens is 218 g/mol. The van der Waals surface area contributed by atoms with Crippen molar-refractivity contribution < 1.29 is 14.1 Å². The van der Waals surface area contributed by atoms with Gasteiger partial charge >= 0.3 is 11.9 Å². The van der Waals surface area contributed by atoms with Gasteiger partial charge in [-0.25, -0.2) is 4.79 Å². The molecule has 5 heteroatoms. The van der Waals surface area contributed by atoms with E-state index in [1.165, 1.54) is 7.11 Å². The summed E-state index contributed by atoms with van der Waals surface area (Å²) in [4.78, 5) is 15.8. The number of likely N-dealkylation sites (N-methyl/N-ethyl adjacent to an activating group) is 1. The summed E-state index contributed by atoms with van der Waals surface area (Å²) in [5.74, 6) is 0.945. The third kappa shape index (κ3) is 3.91. The van der Waals surface area contributed by atoms with Gasteiger partial charge in [0.25, 0.3) is 0 Å². The average molecular weight is 244 g/mol. The number of carbonyl (C=O) groups excluding carboxylic acids is 1. The Kier molecular flexibility index (Phi) is 5.99. The van der Waals surface area contributed by atoms with Crippen LogP contribution in [0.5, 0.6) is 0 Å². The first-order valence-corrected chi connectivity index (χ1v) is 5.76. The second kappa shape index (κ2) is 6.47. The summed E-state index contributed by atoms with van der Waals surface area (Å²) in [7, 11) is 11.2. The van der Waals surface area contributed by atoms with Gasteiger partial charge in [-0.1, -0.05) is 13.8 Å². The van der Waals surface area contributed by atoms with E-state index in [1.54, 1.807) is 0 Å². The number of ether oxygens (including phenoxy) is 1. The molecule has 0 radical (unpaired) electrons. The van der Waals surface area contributed by atoms with Crippen LogP contribution in [0.3, 0.4) is 0 Å². The fourth-order valence-electron chi connectivity index (χ4n) is 2.15. The van der Waals surface area contributed by atoms with Crippen LogP contribution in [0.1, 0.15) is 13.8 Å². The molecule has 17 heavy (non-hydrogen) atoms. The number of rotatable bonds is 3. The summed E-state index contributed by atoms with van der Waals surface area (Å²) in [6.45, 7) is 4.03. The lowest BCUT2D eigenvalue weighted by atomic mass is 10.0. The normalized spacial score (nSPS) is 12.1. The predicted octanol–water partition coefficient (Wildman–Crippen LogP) is 0.306. The van der Waals surface area contributed by atoms with Gasteiger partial charge in [-0.2, -0.15) is 0 Å². The summed E-state index contributed by atoms with van der Waals surface area (Å²) in [6.07, 6.45) is 0. The summed E-state index contributed by atoms with van der Waals surface area (Å²) < 4.78 is 6.86. The molecule has 100 valence electrons. The molecule has 0 aromatic heterocycles. The van der Waals surface area contributed by atoms with Crippen LogP contribution in [0.25, 0.3) is 0 Å². The molecule has 0 heterocycles. The predicted molar refractivity (Wildman–Crippen MR) is 69.2 cm³/mol. The molecule has 0 bridgehead atoms. The van der Waals surface area contributed by atoms with E-state index >= 15 is 0 Å². The topological polar surface area (TPSA) is 35.8 Å². The maximum atomic E-state index is 11.8. The molecule has 0 aliphatic carbocycles. The first-order chi connectivity index (χ1) is 7.73. The molecule has 0 aromatic carbocycles. The Labute approximate surface area is 105 Å². The third-order valence-corrected chi connectivity index (χ3v) is 2.61. The van der Waals surface area contributed by atoms with Gasteiger partial charge in [0.1, 0.15) is 0 Å². The number of hydrogen-bond donors (Lipinski definition) is 0. The number of guanidine groups is 1. The molecular formula is C12H26N3O2+. The molecule has 0 N–H and O–H groups in total. The highest BCUT2D eigenvalue weighted by atomic mass is 16.5. The molecule has 0 saturated carbocycles. The smallest absolute Gasteiger partial charge is 0.350 e. The summed E-state index contributed by atoms with van der Waals surface area (Å²) in [5, 5.41) is 0. The van der Waals surface area contributed by atoms with Crippen molar-refractivity contribution in [3.63, 3.8) is 0 Å². The highest BCUT2D eigenvalue weighted by molar-refractivity contribution is 5.83. The first kappa shape index (κ1) is 15.7. The van der Waals surface area contributed by atoms with Crippen LogP contribution >= 0.6 is 0 Å². The molecule has 0 rings (SSSR count). The summed E-state index contributed by atoms with van der Waals surface area (Å²) in [5.41, 5.74) is 0. The standard InChI is InChI=1S/C12H26N3O2/c1-9(2)10(11(16)17-8)15(7)12(13(3)4)14(5)6/h9-10H,1-8H3/q+1/t10-/m0/s1. The van der Waals surface area contributed by atoms with Crippen molar-refractivity contribution in [3.05, 3.63) is 0 Å². The zero-order valence-electron chi connectivity index (χ0n) is 12.3. The fourth-order valence-corrected chi connectivity index (χ4v) is 2.15. The van der Waals surface area contributed by atoms with Gasteiger partial charge in [-0.3, -0.25) is 14.4 Å². The van der Waals surface area contributed by atoms with Crippen molar-refractivity contribution in [2.45, 2.75) is 19.9 Å². The minimum absolute atomic E-state index is 0.183. The van der Waals surface area contributed by atoms with Gasteiger partial charge < -0.3 is 4.74 Å². The molecule has 0 aliphatic rings. The zero-order chi connectivity index (χ0) is 13.7. The SMILES string of the molecule is COC(=O)[C@H](C(C)C)N(C)C(N(C)C)=[N+](C)C. The molecule has 0 spiro atoms. The van der Waals surface area contributed by atoms with E-state index in [0.29, 0.717) is 0 Å². The van der Waals surface area contributed by atoms with Crippen LogP contribution in [0.4, 0.5) is 0 Å². The largest absolute Gasteiger partial charge is 0.466 e. The number of methoxy groups -OCH3 is 1. The Morgan fingerprint density at radius 3 is 1.88 bits per heavy atom. The average Bonchev–Trinajstić information content (AvgIpc) is 2.15. The van der Waals surface area contributed by atoms with Gasteiger partial charge in [0, 0.05) is 0 Å². The maximum Gasteiger partial charge on any atom is 0.350 e. The van der Waals surface area contributed by atoms with Crippen molar-refractivity contribution >= 4 is 11.9 Å². The number of esters is 1. The Bertz CT molecular complexity index is 294. The van der Waals surface area contributed by atoms with Gasteiger partial charge in [0.15, 0.2) is 6.04 Å². The van der Waals surface area contributed by atoms with Gasteiger partial charge in [0.05, 0.1) is 42.3 Å². The number of carbonyl (C=O) groups is 1. The Balaban J connectivity index is 5.27. The minimum Gasteiger partial charge on any atom is -0.466 e. The first-order valence-electron chi connectivity index (χ1n) is 5.76. The van der Waals surface area contributed by atoms with Crippen molar-refractivity contribution in [3.8, 4) is 0 Å². The van der Waals surface area contributed by atoms with Gasteiger partial charge in [-0.05, 0) is 5.92 Å². The molecule has 0 fully saturated rings. The monoisotopic (exact) mass is 244 g/mol. The third-order valence-electron chi connectivity index (χ3n) is 2.61. The molecule has 0 aromatic rings. The highest BCUT2D eigenvalue weighted by Gasteiger charge is 2.35. The maximum absolute atomic E-state index is 11.8. The molecule has 5 nitrogen and oxygen atoms in total. The number of hydrogen-bond acceptors (Lipinski definition) is 2. The van der Waals surface area contributed by atoms with Crippen molar-refractivity contribution in [1.29, 1.82) is 0 Å².